The van der Waals surface area contributed by atoms with Gasteiger partial charge in [0.15, 0.2) is 6.10 Å². The Hall–Kier alpha value is -1.90. The minimum absolute atomic E-state index is 0.0666. The third kappa shape index (κ3) is 4.02. The van der Waals surface area contributed by atoms with Crippen LogP contribution in [0, 0.1) is 6.92 Å². The smallest absolute Gasteiger partial charge is 0.405 e. The summed E-state index contributed by atoms with van der Waals surface area (Å²) in [7, 11) is -3.76. The predicted octanol–water partition coefficient (Wildman–Crippen LogP) is 2.29. The topological polar surface area (TPSA) is 105 Å². The van der Waals surface area contributed by atoms with Gasteiger partial charge in [0.2, 0.25) is 15.6 Å². The molecule has 0 fully saturated rings. The summed E-state index contributed by atoms with van der Waals surface area (Å²) in [4.78, 5) is 11.5. The van der Waals surface area contributed by atoms with Crippen molar-refractivity contribution >= 4 is 15.9 Å². The second kappa shape index (κ2) is 7.55. The number of ether oxygens (including phenoxy) is 3. The van der Waals surface area contributed by atoms with Gasteiger partial charge in [-0.3, -0.25) is 0 Å². The Morgan fingerprint density at radius 2 is 1.76 bits per heavy atom. The normalized spacial score (nSPS) is 19.5. The fraction of sp³-hybridized carbons (Fsp3) is 0.471. The summed E-state index contributed by atoms with van der Waals surface area (Å²) in [5.41, 5.74) is 6.07. The van der Waals surface area contributed by atoms with Gasteiger partial charge in [0.25, 0.3) is 0 Å². The lowest BCUT2D eigenvalue weighted by molar-refractivity contribution is -0.261. The third-order valence-electron chi connectivity index (χ3n) is 3.89. The van der Waals surface area contributed by atoms with Crippen molar-refractivity contribution in [3.05, 3.63) is 40.8 Å². The molecule has 0 unspecified atom stereocenters. The zero-order valence-electron chi connectivity index (χ0n) is 14.5. The van der Waals surface area contributed by atoms with Gasteiger partial charge in [-0.15, -0.1) is 0 Å². The van der Waals surface area contributed by atoms with E-state index in [0.717, 1.165) is 5.56 Å². The Labute approximate surface area is 147 Å². The van der Waals surface area contributed by atoms with Crippen LogP contribution in [0.4, 0.5) is 4.79 Å². The molecule has 1 amide bonds. The Balaban J connectivity index is 2.43. The lowest BCUT2D eigenvalue weighted by atomic mass is 10.2. The number of rotatable bonds is 7. The first-order valence-corrected chi connectivity index (χ1v) is 9.50. The first kappa shape index (κ1) is 19.4. The number of hydrogen-bond acceptors (Lipinski definition) is 6. The molecule has 2 N–H and O–H groups in total. The Morgan fingerprint density at radius 1 is 1.20 bits per heavy atom. The first-order chi connectivity index (χ1) is 11.7. The van der Waals surface area contributed by atoms with E-state index in [-0.39, 0.29) is 29.4 Å². The Bertz CT molecular complexity index is 748. The number of benzene rings is 1. The van der Waals surface area contributed by atoms with Crippen molar-refractivity contribution in [3.8, 4) is 0 Å². The maximum Gasteiger partial charge on any atom is 0.405 e. The molecule has 25 heavy (non-hydrogen) atoms. The van der Waals surface area contributed by atoms with Gasteiger partial charge in [-0.1, -0.05) is 17.7 Å². The molecule has 0 saturated heterocycles. The Kier molecular flexibility index (Phi) is 5.87. The molecule has 0 aromatic heterocycles. The summed E-state index contributed by atoms with van der Waals surface area (Å²) < 4.78 is 42.2. The number of aryl methyl sites for hydroxylation is 1. The van der Waals surface area contributed by atoms with Gasteiger partial charge >= 0.3 is 6.09 Å². The van der Waals surface area contributed by atoms with E-state index >= 15 is 0 Å². The third-order valence-corrected chi connectivity index (χ3v) is 5.75. The number of nitrogens with two attached hydrogens (primary N) is 1. The van der Waals surface area contributed by atoms with E-state index in [1.54, 1.807) is 26.0 Å². The predicted molar refractivity (Wildman–Crippen MR) is 91.5 cm³/mol. The summed E-state index contributed by atoms with van der Waals surface area (Å²) in [6.07, 6.45) is -0.798. The van der Waals surface area contributed by atoms with Crippen molar-refractivity contribution in [2.75, 3.05) is 13.2 Å². The van der Waals surface area contributed by atoms with Gasteiger partial charge in [0.1, 0.15) is 0 Å². The SMILES string of the molecule is CCOC1(OCC)CC(S(=O)(=O)c2ccc(C)cc2)=C[C@@H]1OC(N)=O. The molecule has 1 aliphatic rings. The zero-order chi connectivity index (χ0) is 18.7. The van der Waals surface area contributed by atoms with Crippen LogP contribution in [-0.4, -0.2) is 39.6 Å². The largest absolute Gasteiger partial charge is 0.436 e. The van der Waals surface area contributed by atoms with Crippen LogP contribution in [0.5, 0.6) is 0 Å². The molecular formula is C17H23NO6S. The van der Waals surface area contributed by atoms with Crippen LogP contribution in [0.3, 0.4) is 0 Å². The molecule has 7 nitrogen and oxygen atoms in total. The molecule has 1 aliphatic carbocycles. The van der Waals surface area contributed by atoms with Gasteiger partial charge in [0, 0.05) is 19.6 Å². The van der Waals surface area contributed by atoms with E-state index in [1.807, 2.05) is 6.92 Å². The average molecular weight is 369 g/mol. The number of hydrogen-bond donors (Lipinski definition) is 1. The second-order valence-corrected chi connectivity index (χ2v) is 7.66. The molecule has 1 aromatic rings. The standard InChI is InChI=1S/C17H23NO6S/c1-4-22-17(23-5-2)11-14(10-15(17)24-16(18)19)25(20,21)13-8-6-12(3)7-9-13/h6-10,15H,4-5,11H2,1-3H3,(H2,18,19)/t15-/m0/s1. The highest BCUT2D eigenvalue weighted by molar-refractivity contribution is 7.95. The van der Waals surface area contributed by atoms with E-state index in [2.05, 4.69) is 0 Å². The monoisotopic (exact) mass is 369 g/mol. The van der Waals surface area contributed by atoms with Crippen LogP contribution in [0.2, 0.25) is 0 Å². The fourth-order valence-corrected chi connectivity index (χ4v) is 4.29. The van der Waals surface area contributed by atoms with Crippen molar-refractivity contribution < 1.29 is 27.4 Å². The van der Waals surface area contributed by atoms with Crippen molar-refractivity contribution in [3.63, 3.8) is 0 Å². The lowest BCUT2D eigenvalue weighted by Crippen LogP contribution is -2.47. The van der Waals surface area contributed by atoms with Crippen LogP contribution in [0.25, 0.3) is 0 Å². The minimum Gasteiger partial charge on any atom is -0.436 e. The maximum absolute atomic E-state index is 12.9. The van der Waals surface area contributed by atoms with Crippen LogP contribution in [0.1, 0.15) is 25.8 Å². The molecule has 0 saturated carbocycles. The van der Waals surface area contributed by atoms with Crippen molar-refractivity contribution in [1.29, 1.82) is 0 Å². The number of amides is 1. The van der Waals surface area contributed by atoms with E-state index in [1.165, 1.54) is 18.2 Å². The van der Waals surface area contributed by atoms with E-state index < -0.39 is 27.8 Å². The number of sulfone groups is 1. The molecule has 0 spiro atoms. The van der Waals surface area contributed by atoms with E-state index in [0.29, 0.717) is 0 Å². The molecule has 0 radical (unpaired) electrons. The van der Waals surface area contributed by atoms with Gasteiger partial charge < -0.3 is 19.9 Å². The summed E-state index contributed by atoms with van der Waals surface area (Å²) in [6.45, 7) is 5.87. The van der Waals surface area contributed by atoms with Crippen LogP contribution >= 0.6 is 0 Å². The molecule has 0 aliphatic heterocycles. The van der Waals surface area contributed by atoms with E-state index in [4.69, 9.17) is 19.9 Å². The molecule has 2 rings (SSSR count). The van der Waals surface area contributed by atoms with Crippen molar-refractivity contribution in [2.24, 2.45) is 5.73 Å². The number of carbonyl (C=O) groups excluding carboxylic acids is 1. The van der Waals surface area contributed by atoms with Crippen LogP contribution < -0.4 is 5.73 Å². The van der Waals surface area contributed by atoms with Gasteiger partial charge in [-0.2, -0.15) is 0 Å². The average Bonchev–Trinajstić information content (AvgIpc) is 2.87. The summed E-state index contributed by atoms with van der Waals surface area (Å²) in [6, 6.07) is 6.52. The quantitative estimate of drug-likeness (QED) is 0.739. The minimum atomic E-state index is -3.76. The fourth-order valence-electron chi connectivity index (χ4n) is 2.80. The zero-order valence-corrected chi connectivity index (χ0v) is 15.3. The summed E-state index contributed by atoms with van der Waals surface area (Å²) in [5.74, 6) is -1.40. The highest BCUT2D eigenvalue weighted by Crippen LogP contribution is 2.40. The molecule has 1 atom stereocenters. The van der Waals surface area contributed by atoms with Gasteiger partial charge in [-0.25, -0.2) is 13.2 Å². The van der Waals surface area contributed by atoms with Gasteiger partial charge in [-0.05, 0) is 39.0 Å². The number of primary amides is 1. The van der Waals surface area contributed by atoms with Crippen molar-refractivity contribution in [1.82, 2.24) is 0 Å². The number of carbonyl (C=O) groups is 1. The molecule has 0 bridgehead atoms. The van der Waals surface area contributed by atoms with Crippen molar-refractivity contribution in [2.45, 2.75) is 44.0 Å². The van der Waals surface area contributed by atoms with Crippen LogP contribution in [0.15, 0.2) is 40.1 Å². The second-order valence-electron chi connectivity index (χ2n) is 5.66. The molecule has 138 valence electrons. The molecule has 1 aromatic carbocycles. The van der Waals surface area contributed by atoms with Gasteiger partial charge in [0.05, 0.1) is 9.80 Å². The highest BCUT2D eigenvalue weighted by atomic mass is 32.2. The first-order valence-electron chi connectivity index (χ1n) is 8.01. The summed E-state index contributed by atoms with van der Waals surface area (Å²) >= 11 is 0. The summed E-state index contributed by atoms with van der Waals surface area (Å²) in [5, 5.41) is 0. The highest BCUT2D eigenvalue weighted by Gasteiger charge is 2.50. The Morgan fingerprint density at radius 3 is 2.24 bits per heavy atom. The molecular weight excluding hydrogens is 346 g/mol. The van der Waals surface area contributed by atoms with E-state index in [9.17, 15) is 13.2 Å². The molecule has 8 heteroatoms. The lowest BCUT2D eigenvalue weighted by Gasteiger charge is -2.33. The molecule has 0 heterocycles. The maximum atomic E-state index is 12.9. The van der Waals surface area contributed by atoms with Crippen LogP contribution in [-0.2, 0) is 24.0 Å².